The second-order valence-electron chi connectivity index (χ2n) is 4.33. The zero-order valence-electron chi connectivity index (χ0n) is 9.97. The van der Waals surface area contributed by atoms with E-state index in [0.29, 0.717) is 15.1 Å². The van der Waals surface area contributed by atoms with Crippen molar-refractivity contribution in [3.05, 3.63) is 51.0 Å². The van der Waals surface area contributed by atoms with Crippen LogP contribution in [0.5, 0.6) is 0 Å². The van der Waals surface area contributed by atoms with E-state index < -0.39 is 0 Å². The van der Waals surface area contributed by atoms with E-state index in [1.54, 1.807) is 12.1 Å². The van der Waals surface area contributed by atoms with Crippen LogP contribution in [0, 0.1) is 6.92 Å². The van der Waals surface area contributed by atoms with Gasteiger partial charge in [-0.15, -0.1) is 0 Å². The van der Waals surface area contributed by atoms with Gasteiger partial charge in [-0.25, -0.2) is 4.98 Å². The summed E-state index contributed by atoms with van der Waals surface area (Å²) in [6.45, 7) is 2.01. The molecule has 0 aliphatic carbocycles. The number of H-pyrrole nitrogens is 1. The molecule has 0 aliphatic rings. The van der Waals surface area contributed by atoms with E-state index in [9.17, 15) is 0 Å². The molecule has 0 unspecified atom stereocenters. The second-order valence-corrected chi connectivity index (χ2v) is 5.58. The van der Waals surface area contributed by atoms with E-state index in [2.05, 4.69) is 9.97 Å². The average Bonchev–Trinajstić information content (AvgIpc) is 2.75. The Morgan fingerprint density at radius 1 is 1.00 bits per heavy atom. The second kappa shape index (κ2) is 4.71. The Labute approximate surface area is 125 Å². The molecule has 3 aromatic rings. The van der Waals surface area contributed by atoms with Crippen LogP contribution in [-0.2, 0) is 0 Å². The molecule has 0 atom stereocenters. The van der Waals surface area contributed by atoms with Gasteiger partial charge >= 0.3 is 0 Å². The number of imidazole rings is 1. The number of aromatic nitrogens is 2. The maximum atomic E-state index is 6.03. The van der Waals surface area contributed by atoms with E-state index >= 15 is 0 Å². The molecule has 5 heteroatoms. The van der Waals surface area contributed by atoms with Crippen molar-refractivity contribution in [3.63, 3.8) is 0 Å². The molecular formula is C14H9Cl3N2. The number of rotatable bonds is 1. The van der Waals surface area contributed by atoms with Gasteiger partial charge in [0.1, 0.15) is 5.82 Å². The van der Waals surface area contributed by atoms with Crippen LogP contribution < -0.4 is 0 Å². The lowest BCUT2D eigenvalue weighted by molar-refractivity contribution is 1.31. The normalized spacial score (nSPS) is 11.2. The van der Waals surface area contributed by atoms with Gasteiger partial charge in [-0.3, -0.25) is 0 Å². The molecule has 0 radical (unpaired) electrons. The van der Waals surface area contributed by atoms with Gasteiger partial charge in [0.05, 0.1) is 21.1 Å². The number of nitrogens with one attached hydrogen (secondary N) is 1. The molecule has 1 N–H and O–H groups in total. The van der Waals surface area contributed by atoms with Crippen LogP contribution in [0.3, 0.4) is 0 Å². The van der Waals surface area contributed by atoms with Gasteiger partial charge in [-0.2, -0.15) is 0 Å². The van der Waals surface area contributed by atoms with Crippen LogP contribution in [0.25, 0.3) is 22.4 Å². The van der Waals surface area contributed by atoms with Gasteiger partial charge in [-0.05, 0) is 36.8 Å². The fourth-order valence-electron chi connectivity index (χ4n) is 1.98. The van der Waals surface area contributed by atoms with Gasteiger partial charge in [0.2, 0.25) is 0 Å². The van der Waals surface area contributed by atoms with Gasteiger partial charge in [-0.1, -0.05) is 40.9 Å². The Balaban J connectivity index is 2.23. The molecular weight excluding hydrogens is 303 g/mol. The topological polar surface area (TPSA) is 28.7 Å². The van der Waals surface area contributed by atoms with E-state index in [-0.39, 0.29) is 0 Å². The summed E-state index contributed by atoms with van der Waals surface area (Å²) in [5, 5.41) is 1.68. The van der Waals surface area contributed by atoms with Crippen LogP contribution in [0.1, 0.15) is 5.56 Å². The molecule has 2 aromatic carbocycles. The molecule has 0 saturated carbocycles. The molecule has 0 amide bonds. The third kappa shape index (κ3) is 2.32. The van der Waals surface area contributed by atoms with Crippen LogP contribution >= 0.6 is 34.8 Å². The molecule has 0 bridgehead atoms. The van der Waals surface area contributed by atoms with Crippen molar-refractivity contribution in [1.82, 2.24) is 9.97 Å². The number of hydrogen-bond donors (Lipinski definition) is 1. The minimum atomic E-state index is 0.495. The van der Waals surface area contributed by atoms with Crippen molar-refractivity contribution in [2.45, 2.75) is 6.92 Å². The Morgan fingerprint density at radius 2 is 1.74 bits per heavy atom. The minimum absolute atomic E-state index is 0.495. The van der Waals surface area contributed by atoms with Crippen LogP contribution in [0.4, 0.5) is 0 Å². The number of aromatic amines is 1. The summed E-state index contributed by atoms with van der Waals surface area (Å²) < 4.78 is 0. The number of hydrogen-bond acceptors (Lipinski definition) is 1. The maximum absolute atomic E-state index is 6.03. The lowest BCUT2D eigenvalue weighted by Crippen LogP contribution is -1.85. The highest BCUT2D eigenvalue weighted by Crippen LogP contribution is 2.30. The summed E-state index contributed by atoms with van der Waals surface area (Å²) in [5.41, 5.74) is 3.70. The summed E-state index contributed by atoms with van der Waals surface area (Å²) in [7, 11) is 0. The van der Waals surface area contributed by atoms with Gasteiger partial charge in [0, 0.05) is 10.6 Å². The lowest BCUT2D eigenvalue weighted by Gasteiger charge is -2.02. The SMILES string of the molecule is Cc1ccc(Cl)cc1-c1nc2cc(Cl)c(Cl)cc2[nH]1. The molecule has 19 heavy (non-hydrogen) atoms. The van der Waals surface area contributed by atoms with E-state index in [0.717, 1.165) is 28.0 Å². The highest BCUT2D eigenvalue weighted by atomic mass is 35.5. The Bertz CT molecular complexity index is 739. The first-order valence-corrected chi connectivity index (χ1v) is 6.79. The molecule has 1 aromatic heterocycles. The van der Waals surface area contributed by atoms with Gasteiger partial charge < -0.3 is 4.98 Å². The fraction of sp³-hybridized carbons (Fsp3) is 0.0714. The van der Waals surface area contributed by atoms with Crippen molar-refractivity contribution >= 4 is 45.8 Å². The van der Waals surface area contributed by atoms with E-state index in [1.807, 2.05) is 25.1 Å². The highest BCUT2D eigenvalue weighted by Gasteiger charge is 2.10. The fourth-order valence-corrected chi connectivity index (χ4v) is 2.48. The summed E-state index contributed by atoms with van der Waals surface area (Å²) in [4.78, 5) is 7.76. The van der Waals surface area contributed by atoms with Crippen molar-refractivity contribution in [2.75, 3.05) is 0 Å². The quantitative estimate of drug-likeness (QED) is 0.631. The van der Waals surface area contributed by atoms with E-state index in [4.69, 9.17) is 34.8 Å². The molecule has 0 aliphatic heterocycles. The summed E-state index contributed by atoms with van der Waals surface area (Å²) in [6.07, 6.45) is 0. The standard InChI is InChI=1S/C14H9Cl3N2/c1-7-2-3-8(15)4-9(7)14-18-12-5-10(16)11(17)6-13(12)19-14/h2-6H,1H3,(H,18,19). The predicted molar refractivity (Wildman–Crippen MR) is 81.3 cm³/mol. The highest BCUT2D eigenvalue weighted by molar-refractivity contribution is 6.42. The first kappa shape index (κ1) is 12.8. The molecule has 2 nitrogen and oxygen atoms in total. The zero-order chi connectivity index (χ0) is 13.6. The van der Waals surface area contributed by atoms with Crippen LogP contribution in [-0.4, -0.2) is 9.97 Å². The number of halogens is 3. The predicted octanol–water partition coefficient (Wildman–Crippen LogP) is 5.50. The maximum Gasteiger partial charge on any atom is 0.138 e. The summed E-state index contributed by atoms with van der Waals surface area (Å²) >= 11 is 18.0. The van der Waals surface area contributed by atoms with Gasteiger partial charge in [0.15, 0.2) is 0 Å². The molecule has 96 valence electrons. The van der Waals surface area contributed by atoms with E-state index in [1.165, 1.54) is 0 Å². The molecule has 3 rings (SSSR count). The third-order valence-electron chi connectivity index (χ3n) is 2.98. The first-order valence-electron chi connectivity index (χ1n) is 5.66. The number of aryl methyl sites for hydroxylation is 1. The molecule has 0 fully saturated rings. The number of fused-ring (bicyclic) bond motifs is 1. The Morgan fingerprint density at radius 3 is 2.53 bits per heavy atom. The van der Waals surface area contributed by atoms with Crippen molar-refractivity contribution in [3.8, 4) is 11.4 Å². The lowest BCUT2D eigenvalue weighted by atomic mass is 10.1. The monoisotopic (exact) mass is 310 g/mol. The number of nitrogens with zero attached hydrogens (tertiary/aromatic N) is 1. The van der Waals surface area contributed by atoms with Crippen LogP contribution in [0.2, 0.25) is 15.1 Å². The smallest absolute Gasteiger partial charge is 0.138 e. The summed E-state index contributed by atoms with van der Waals surface area (Å²) in [6, 6.07) is 9.23. The van der Waals surface area contributed by atoms with Crippen molar-refractivity contribution in [1.29, 1.82) is 0 Å². The minimum Gasteiger partial charge on any atom is -0.338 e. The Kier molecular flexibility index (Phi) is 3.17. The largest absolute Gasteiger partial charge is 0.338 e. The van der Waals surface area contributed by atoms with Crippen LogP contribution in [0.15, 0.2) is 30.3 Å². The molecule has 0 spiro atoms. The summed E-state index contributed by atoms with van der Waals surface area (Å²) in [5.74, 6) is 0.758. The number of benzene rings is 2. The van der Waals surface area contributed by atoms with Gasteiger partial charge in [0.25, 0.3) is 0 Å². The first-order chi connectivity index (χ1) is 9.04. The average molecular weight is 312 g/mol. The van der Waals surface area contributed by atoms with Crippen molar-refractivity contribution in [2.24, 2.45) is 0 Å². The molecule has 0 saturated heterocycles. The van der Waals surface area contributed by atoms with Crippen molar-refractivity contribution < 1.29 is 0 Å². The Hall–Kier alpha value is -1.22. The zero-order valence-corrected chi connectivity index (χ0v) is 12.2. The molecule has 1 heterocycles. The third-order valence-corrected chi connectivity index (χ3v) is 3.94.